The maximum Gasteiger partial charge on any atom is 0.243 e. The fourth-order valence-corrected chi connectivity index (χ4v) is 4.23. The Hall–Kier alpha value is -0.790. The van der Waals surface area contributed by atoms with Crippen LogP contribution >= 0.6 is 0 Å². The lowest BCUT2D eigenvalue weighted by atomic mass is 10.0. The van der Waals surface area contributed by atoms with E-state index in [9.17, 15) is 0 Å². The topological polar surface area (TPSA) is 8.81 Å². The van der Waals surface area contributed by atoms with Gasteiger partial charge in [0.05, 0.1) is 13.1 Å². The van der Waals surface area contributed by atoms with E-state index in [1.54, 1.807) is 0 Å². The molecule has 1 aromatic heterocycles. The van der Waals surface area contributed by atoms with Gasteiger partial charge in [0, 0.05) is 0 Å². The molecule has 0 bridgehead atoms. The van der Waals surface area contributed by atoms with Gasteiger partial charge in [-0.1, -0.05) is 111 Å². The monoisotopic (exact) mass is 405 g/mol. The van der Waals surface area contributed by atoms with Gasteiger partial charge in [-0.2, -0.15) is 0 Å². The first-order valence-electron chi connectivity index (χ1n) is 13.3. The van der Waals surface area contributed by atoms with Crippen LogP contribution in [-0.4, -0.2) is 4.57 Å². The van der Waals surface area contributed by atoms with Crippen LogP contribution in [0.4, 0.5) is 0 Å². The van der Waals surface area contributed by atoms with Crippen molar-refractivity contribution in [2.24, 2.45) is 5.92 Å². The predicted molar refractivity (Wildman–Crippen MR) is 128 cm³/mol. The number of aromatic nitrogens is 2. The van der Waals surface area contributed by atoms with Crippen LogP contribution in [0, 0.1) is 5.92 Å². The maximum atomic E-state index is 2.37. The summed E-state index contributed by atoms with van der Waals surface area (Å²) in [5.41, 5.74) is 0. The summed E-state index contributed by atoms with van der Waals surface area (Å²) in [6.45, 7) is 9.29. The zero-order valence-corrected chi connectivity index (χ0v) is 20.3. The van der Waals surface area contributed by atoms with E-state index in [4.69, 9.17) is 0 Å². The number of hydrogen-bond acceptors (Lipinski definition) is 0. The molecule has 0 aliphatic rings. The molecule has 2 heteroatoms. The average molecular weight is 406 g/mol. The molecule has 2 nitrogen and oxygen atoms in total. The maximum absolute atomic E-state index is 2.37. The van der Waals surface area contributed by atoms with E-state index in [2.05, 4.69) is 48.6 Å². The van der Waals surface area contributed by atoms with Gasteiger partial charge in [0.15, 0.2) is 0 Å². The number of hydrogen-bond donors (Lipinski definition) is 0. The Balaban J connectivity index is 1.81. The molecule has 1 rings (SSSR count). The fourth-order valence-electron chi connectivity index (χ4n) is 4.23. The largest absolute Gasteiger partial charge is 0.243 e. The first-order valence-corrected chi connectivity index (χ1v) is 13.3. The molecule has 0 aromatic carbocycles. The second kappa shape index (κ2) is 19.2. The molecule has 170 valence electrons. The van der Waals surface area contributed by atoms with Crippen LogP contribution in [0.15, 0.2) is 18.7 Å². The van der Waals surface area contributed by atoms with E-state index in [1.165, 1.54) is 129 Å². The van der Waals surface area contributed by atoms with Gasteiger partial charge in [-0.05, 0) is 31.6 Å². The lowest BCUT2D eigenvalue weighted by Gasteiger charge is -2.03. The predicted octanol–water partition coefficient (Wildman–Crippen LogP) is 8.47. The lowest BCUT2D eigenvalue weighted by molar-refractivity contribution is -0.697. The molecule has 0 atom stereocenters. The Morgan fingerprint density at radius 2 is 1.14 bits per heavy atom. The normalized spacial score (nSPS) is 11.6. The first kappa shape index (κ1) is 26.2. The van der Waals surface area contributed by atoms with Crippen molar-refractivity contribution in [3.05, 3.63) is 18.7 Å². The van der Waals surface area contributed by atoms with Crippen LogP contribution in [-0.2, 0) is 13.1 Å². The summed E-state index contributed by atoms with van der Waals surface area (Å²) in [5, 5.41) is 0. The van der Waals surface area contributed by atoms with Crippen LogP contribution in [0.3, 0.4) is 0 Å². The highest BCUT2D eigenvalue weighted by Crippen LogP contribution is 2.13. The highest BCUT2D eigenvalue weighted by atomic mass is 15.1. The molecule has 0 aliphatic heterocycles. The van der Waals surface area contributed by atoms with E-state index in [1.807, 2.05) is 0 Å². The smallest absolute Gasteiger partial charge is 0.237 e. The van der Waals surface area contributed by atoms with Crippen LogP contribution < -0.4 is 4.57 Å². The first-order chi connectivity index (χ1) is 14.2. The van der Waals surface area contributed by atoms with Crippen LogP contribution in [0.2, 0.25) is 0 Å². The van der Waals surface area contributed by atoms with Crippen LogP contribution in [0.5, 0.6) is 0 Å². The molecule has 0 spiro atoms. The molecule has 0 fully saturated rings. The molecule has 1 aromatic rings. The second-order valence-electron chi connectivity index (χ2n) is 9.73. The highest BCUT2D eigenvalue weighted by molar-refractivity contribution is 4.66. The molecule has 0 radical (unpaired) electrons. The summed E-state index contributed by atoms with van der Waals surface area (Å²) in [6.07, 6.45) is 32.5. The van der Waals surface area contributed by atoms with Crippen LogP contribution in [0.1, 0.15) is 136 Å². The summed E-state index contributed by atoms with van der Waals surface area (Å²) < 4.78 is 4.73. The third-order valence-electron chi connectivity index (χ3n) is 6.21. The molecule has 0 aliphatic carbocycles. The SMILES string of the molecule is CCCCCCCCCCCCCCCCCCn1cc[n+](CCCC(C)C)c1. The Morgan fingerprint density at radius 3 is 1.62 bits per heavy atom. The number of nitrogens with zero attached hydrogens (tertiary/aromatic N) is 2. The van der Waals surface area contributed by atoms with Gasteiger partial charge in [0.1, 0.15) is 12.4 Å². The highest BCUT2D eigenvalue weighted by Gasteiger charge is 2.04. The molecular weight excluding hydrogens is 352 g/mol. The Bertz CT molecular complexity index is 449. The molecule has 29 heavy (non-hydrogen) atoms. The van der Waals surface area contributed by atoms with Crippen molar-refractivity contribution < 1.29 is 4.57 Å². The minimum Gasteiger partial charge on any atom is -0.237 e. The van der Waals surface area contributed by atoms with E-state index < -0.39 is 0 Å². The zero-order chi connectivity index (χ0) is 21.0. The number of imidazole rings is 1. The number of unbranched alkanes of at least 4 members (excludes halogenated alkanes) is 15. The number of aryl methyl sites for hydroxylation is 2. The minimum atomic E-state index is 0.822. The molecule has 0 saturated carbocycles. The summed E-state index contributed by atoms with van der Waals surface area (Å²) in [4.78, 5) is 0. The quantitative estimate of drug-likeness (QED) is 0.143. The third kappa shape index (κ3) is 16.7. The van der Waals surface area contributed by atoms with E-state index >= 15 is 0 Å². The van der Waals surface area contributed by atoms with Crippen molar-refractivity contribution >= 4 is 0 Å². The van der Waals surface area contributed by atoms with Crippen molar-refractivity contribution in [3.8, 4) is 0 Å². The van der Waals surface area contributed by atoms with Crippen molar-refractivity contribution in [1.29, 1.82) is 0 Å². The summed E-state index contributed by atoms with van der Waals surface area (Å²) in [5.74, 6) is 0.822. The molecule has 0 N–H and O–H groups in total. The van der Waals surface area contributed by atoms with Gasteiger partial charge >= 0.3 is 0 Å². The molecule has 0 saturated heterocycles. The second-order valence-corrected chi connectivity index (χ2v) is 9.73. The Labute approximate surface area is 183 Å². The van der Waals surface area contributed by atoms with Crippen molar-refractivity contribution in [3.63, 3.8) is 0 Å². The zero-order valence-electron chi connectivity index (χ0n) is 20.3. The van der Waals surface area contributed by atoms with Crippen molar-refractivity contribution in [2.75, 3.05) is 0 Å². The van der Waals surface area contributed by atoms with Gasteiger partial charge in [-0.15, -0.1) is 0 Å². The van der Waals surface area contributed by atoms with Crippen LogP contribution in [0.25, 0.3) is 0 Å². The van der Waals surface area contributed by atoms with Gasteiger partial charge in [0.25, 0.3) is 0 Å². The Morgan fingerprint density at radius 1 is 0.655 bits per heavy atom. The molecule has 0 unspecified atom stereocenters. The molecule has 0 amide bonds. The van der Waals surface area contributed by atoms with Crippen molar-refractivity contribution in [2.45, 2.75) is 149 Å². The van der Waals surface area contributed by atoms with E-state index in [-0.39, 0.29) is 0 Å². The van der Waals surface area contributed by atoms with Gasteiger partial charge in [-0.3, -0.25) is 0 Å². The van der Waals surface area contributed by atoms with Gasteiger partial charge < -0.3 is 0 Å². The molecule has 1 heterocycles. The average Bonchev–Trinajstić information content (AvgIpc) is 3.15. The lowest BCUT2D eigenvalue weighted by Crippen LogP contribution is -2.31. The standard InChI is InChI=1S/C27H53N2/c1-4-5-6-7-8-9-10-11-12-13-14-15-16-17-18-19-22-28-24-25-29(26-28)23-20-21-27(2)3/h24-27H,4-23H2,1-3H3/q+1. The van der Waals surface area contributed by atoms with Crippen molar-refractivity contribution in [1.82, 2.24) is 4.57 Å². The fraction of sp³-hybridized carbons (Fsp3) is 0.889. The summed E-state index contributed by atoms with van der Waals surface area (Å²) in [7, 11) is 0. The summed E-state index contributed by atoms with van der Waals surface area (Å²) in [6, 6.07) is 0. The third-order valence-corrected chi connectivity index (χ3v) is 6.21. The minimum absolute atomic E-state index is 0.822. The van der Waals surface area contributed by atoms with Gasteiger partial charge in [-0.25, -0.2) is 9.13 Å². The van der Waals surface area contributed by atoms with E-state index in [0.29, 0.717) is 0 Å². The number of rotatable bonds is 21. The molecular formula is C27H53N2+. The van der Waals surface area contributed by atoms with E-state index in [0.717, 1.165) is 5.92 Å². The summed E-state index contributed by atoms with van der Waals surface area (Å²) >= 11 is 0. The van der Waals surface area contributed by atoms with Gasteiger partial charge in [0.2, 0.25) is 6.33 Å². The Kier molecular flexibility index (Phi) is 17.4.